The monoisotopic (exact) mass is 404 g/mol. The molecular formula is C17H29FN4O6. The van der Waals surface area contributed by atoms with E-state index in [4.69, 9.17) is 5.73 Å². The van der Waals surface area contributed by atoms with Gasteiger partial charge in [-0.05, 0) is 26.7 Å². The number of nitrogens with two attached hydrogens (primary N) is 1. The number of amides is 3. The number of primary amides is 1. The Bertz CT molecular complexity index is 574. The fourth-order valence-corrected chi connectivity index (χ4v) is 2.83. The number of halogens is 1. The fourth-order valence-electron chi connectivity index (χ4n) is 2.83. The standard InChI is InChI=1S/C17H29FN4O6/c1-3-27-16(25)15(18)28-21-17(26)22-9-5-4-6-11(2)14(22)12(23)10-20-8-7-13(19)24/h6,12,14-15,20,23H,3-5,7-10H2,1-2H3,(H2,19,24)(H,21,26)/t12?,14-,15+/m0/s1. The lowest BCUT2D eigenvalue weighted by atomic mass is 10.0. The molecule has 0 bridgehead atoms. The minimum atomic E-state index is -2.45. The van der Waals surface area contributed by atoms with Gasteiger partial charge in [0.25, 0.3) is 0 Å². The van der Waals surface area contributed by atoms with Crippen LogP contribution in [0.15, 0.2) is 11.6 Å². The number of hydroxylamine groups is 1. The van der Waals surface area contributed by atoms with Gasteiger partial charge in [-0.15, -0.1) is 0 Å². The normalized spacial score (nSPS) is 19.2. The second kappa shape index (κ2) is 12.3. The highest BCUT2D eigenvalue weighted by Gasteiger charge is 2.33. The number of esters is 1. The van der Waals surface area contributed by atoms with E-state index in [1.807, 2.05) is 11.6 Å². The van der Waals surface area contributed by atoms with Crippen LogP contribution >= 0.6 is 0 Å². The Hall–Kier alpha value is -2.24. The van der Waals surface area contributed by atoms with E-state index in [1.54, 1.807) is 6.92 Å². The summed E-state index contributed by atoms with van der Waals surface area (Å²) in [4.78, 5) is 40.2. The Balaban J connectivity index is 2.70. The molecule has 3 atom stereocenters. The molecule has 10 nitrogen and oxygen atoms in total. The Labute approximate surface area is 163 Å². The molecule has 1 rings (SSSR count). The van der Waals surface area contributed by atoms with Gasteiger partial charge in [-0.1, -0.05) is 11.6 Å². The van der Waals surface area contributed by atoms with Crippen LogP contribution in [0.1, 0.15) is 33.1 Å². The van der Waals surface area contributed by atoms with Gasteiger partial charge in [0.1, 0.15) is 0 Å². The van der Waals surface area contributed by atoms with Crippen molar-refractivity contribution >= 4 is 17.9 Å². The summed E-state index contributed by atoms with van der Waals surface area (Å²) in [5, 5.41) is 13.5. The van der Waals surface area contributed by atoms with Gasteiger partial charge < -0.3 is 25.8 Å². The van der Waals surface area contributed by atoms with Gasteiger partial charge in [-0.25, -0.2) is 24.3 Å². The van der Waals surface area contributed by atoms with Crippen LogP contribution in [0.4, 0.5) is 9.18 Å². The average Bonchev–Trinajstić information content (AvgIpc) is 2.84. The largest absolute Gasteiger partial charge is 0.462 e. The highest BCUT2D eigenvalue weighted by atomic mass is 19.1. The van der Waals surface area contributed by atoms with Crippen LogP contribution in [-0.4, -0.2) is 72.7 Å². The molecule has 1 heterocycles. The summed E-state index contributed by atoms with van der Waals surface area (Å²) in [5.74, 6) is -1.71. The number of rotatable bonds is 10. The minimum Gasteiger partial charge on any atom is -0.462 e. The molecule has 1 aliphatic heterocycles. The SMILES string of the molecule is CCOC(=O)[C@H](F)ONC(=O)N1CCCC=C(C)[C@H]1C(O)CNCCC(N)=O. The van der Waals surface area contributed by atoms with Gasteiger partial charge in [0.2, 0.25) is 5.91 Å². The summed E-state index contributed by atoms with van der Waals surface area (Å²) in [5.41, 5.74) is 7.73. The topological polar surface area (TPSA) is 143 Å². The first-order valence-corrected chi connectivity index (χ1v) is 9.14. The maximum Gasteiger partial charge on any atom is 0.370 e. The molecule has 0 aromatic rings. The summed E-state index contributed by atoms with van der Waals surface area (Å²) >= 11 is 0. The minimum absolute atomic E-state index is 0.0241. The van der Waals surface area contributed by atoms with Crippen LogP contribution in [0.25, 0.3) is 0 Å². The van der Waals surface area contributed by atoms with Crippen LogP contribution in [-0.2, 0) is 19.2 Å². The van der Waals surface area contributed by atoms with Crippen molar-refractivity contribution in [2.75, 3.05) is 26.2 Å². The third-order valence-corrected chi connectivity index (χ3v) is 4.12. The number of aliphatic hydroxyl groups is 1. The Morgan fingerprint density at radius 1 is 1.46 bits per heavy atom. The number of hydrogen-bond donors (Lipinski definition) is 4. The van der Waals surface area contributed by atoms with E-state index < -0.39 is 36.4 Å². The zero-order valence-corrected chi connectivity index (χ0v) is 16.2. The predicted molar refractivity (Wildman–Crippen MR) is 97.3 cm³/mol. The van der Waals surface area contributed by atoms with E-state index in [0.29, 0.717) is 25.9 Å². The number of nitrogens with zero attached hydrogens (tertiary/aromatic N) is 1. The Morgan fingerprint density at radius 2 is 2.18 bits per heavy atom. The number of urea groups is 1. The molecule has 0 fully saturated rings. The van der Waals surface area contributed by atoms with Crippen molar-refractivity contribution in [1.29, 1.82) is 0 Å². The van der Waals surface area contributed by atoms with Gasteiger partial charge in [0, 0.05) is 26.1 Å². The fraction of sp³-hybridized carbons (Fsp3) is 0.706. The molecule has 11 heteroatoms. The average molecular weight is 404 g/mol. The highest BCUT2D eigenvalue weighted by molar-refractivity contribution is 5.76. The number of aliphatic hydroxyl groups excluding tert-OH is 1. The van der Waals surface area contributed by atoms with Gasteiger partial charge in [0.05, 0.1) is 18.8 Å². The summed E-state index contributed by atoms with van der Waals surface area (Å²) in [7, 11) is 0. The van der Waals surface area contributed by atoms with Gasteiger partial charge in [0.15, 0.2) is 0 Å². The quantitative estimate of drug-likeness (QED) is 0.170. The first-order valence-electron chi connectivity index (χ1n) is 9.14. The van der Waals surface area contributed by atoms with E-state index >= 15 is 0 Å². The first kappa shape index (κ1) is 23.8. The highest BCUT2D eigenvalue weighted by Crippen LogP contribution is 2.20. The smallest absolute Gasteiger partial charge is 0.370 e. The van der Waals surface area contributed by atoms with E-state index in [0.717, 1.165) is 5.57 Å². The molecule has 28 heavy (non-hydrogen) atoms. The molecular weight excluding hydrogens is 375 g/mol. The number of ether oxygens (including phenoxy) is 1. The van der Waals surface area contributed by atoms with Gasteiger partial charge in [-0.2, -0.15) is 0 Å². The Kier molecular flexibility index (Phi) is 10.4. The van der Waals surface area contributed by atoms with Crippen LogP contribution < -0.4 is 16.5 Å². The first-order chi connectivity index (χ1) is 13.3. The lowest BCUT2D eigenvalue weighted by Gasteiger charge is -2.34. The number of carbonyl (C=O) groups is 3. The summed E-state index contributed by atoms with van der Waals surface area (Å²) in [6.07, 6.45) is -0.0490. The van der Waals surface area contributed by atoms with E-state index in [-0.39, 0.29) is 19.6 Å². The maximum absolute atomic E-state index is 13.6. The van der Waals surface area contributed by atoms with E-state index in [9.17, 15) is 23.9 Å². The molecule has 1 unspecified atom stereocenters. The third-order valence-electron chi connectivity index (χ3n) is 4.12. The predicted octanol–water partition coefficient (Wildman–Crippen LogP) is -0.277. The maximum atomic E-state index is 13.6. The van der Waals surface area contributed by atoms with Crippen LogP contribution in [0, 0.1) is 0 Å². The number of allylic oxidation sites excluding steroid dienone is 1. The van der Waals surface area contributed by atoms with E-state index in [1.165, 1.54) is 11.8 Å². The van der Waals surface area contributed by atoms with Crippen LogP contribution in [0.3, 0.4) is 0 Å². The summed E-state index contributed by atoms with van der Waals surface area (Å²) < 4.78 is 18.0. The number of carbonyl (C=O) groups excluding carboxylic acids is 3. The molecule has 0 aromatic heterocycles. The van der Waals surface area contributed by atoms with Crippen LogP contribution in [0.2, 0.25) is 0 Å². The molecule has 0 saturated carbocycles. The summed E-state index contributed by atoms with van der Waals surface area (Å²) in [6.45, 7) is 3.97. The molecule has 0 saturated heterocycles. The third kappa shape index (κ3) is 7.79. The van der Waals surface area contributed by atoms with Crippen molar-refractivity contribution in [2.45, 2.75) is 51.6 Å². The zero-order valence-electron chi connectivity index (χ0n) is 16.2. The van der Waals surface area contributed by atoms with Gasteiger partial charge >= 0.3 is 18.4 Å². The molecule has 1 aliphatic rings. The second-order valence-corrected chi connectivity index (χ2v) is 6.31. The van der Waals surface area contributed by atoms with Crippen molar-refractivity contribution in [3.05, 3.63) is 11.6 Å². The summed E-state index contributed by atoms with van der Waals surface area (Å²) in [6, 6.07) is -1.48. The van der Waals surface area contributed by atoms with Crippen molar-refractivity contribution in [3.8, 4) is 0 Å². The van der Waals surface area contributed by atoms with Crippen molar-refractivity contribution < 1.29 is 33.5 Å². The molecule has 160 valence electrons. The molecule has 0 spiro atoms. The molecule has 0 aliphatic carbocycles. The Morgan fingerprint density at radius 3 is 2.82 bits per heavy atom. The van der Waals surface area contributed by atoms with Crippen LogP contribution in [0.5, 0.6) is 0 Å². The van der Waals surface area contributed by atoms with Gasteiger partial charge in [-0.3, -0.25) is 4.79 Å². The molecule has 3 amide bonds. The molecule has 5 N–H and O–H groups in total. The number of hydrogen-bond acceptors (Lipinski definition) is 7. The molecule has 0 aromatic carbocycles. The van der Waals surface area contributed by atoms with E-state index in [2.05, 4.69) is 14.9 Å². The number of nitrogens with one attached hydrogen (secondary N) is 2. The lowest BCUT2D eigenvalue weighted by molar-refractivity contribution is -0.176. The van der Waals surface area contributed by atoms with Crippen molar-refractivity contribution in [1.82, 2.24) is 15.7 Å². The van der Waals surface area contributed by atoms with Crippen molar-refractivity contribution in [3.63, 3.8) is 0 Å². The zero-order chi connectivity index (χ0) is 21.1. The second-order valence-electron chi connectivity index (χ2n) is 6.31. The molecule has 0 radical (unpaired) electrons. The lowest BCUT2D eigenvalue weighted by Crippen LogP contribution is -2.54. The number of alkyl halides is 1. The van der Waals surface area contributed by atoms with Crippen molar-refractivity contribution in [2.24, 2.45) is 5.73 Å².